The Balaban J connectivity index is 2.74. The highest BCUT2D eigenvalue weighted by molar-refractivity contribution is 5.74. The zero-order valence-electron chi connectivity index (χ0n) is 12.2. The van der Waals surface area contributed by atoms with Gasteiger partial charge in [0.25, 0.3) is 0 Å². The SMILES string of the molecule is CC(=O)N1CCN(C(=O)OC(C)(C)C)C(C)(C)C1. The molecular weight excluding hydrogens is 232 g/mol. The highest BCUT2D eigenvalue weighted by Crippen LogP contribution is 2.23. The molecule has 1 aliphatic heterocycles. The Labute approximate surface area is 109 Å². The fourth-order valence-electron chi connectivity index (χ4n) is 2.08. The van der Waals surface area contributed by atoms with Crippen molar-refractivity contribution in [3.05, 3.63) is 0 Å². The highest BCUT2D eigenvalue weighted by Gasteiger charge is 2.39. The highest BCUT2D eigenvalue weighted by atomic mass is 16.6. The van der Waals surface area contributed by atoms with Crippen LogP contribution in [0.5, 0.6) is 0 Å². The molecule has 104 valence electrons. The maximum atomic E-state index is 12.1. The molecule has 1 rings (SSSR count). The van der Waals surface area contributed by atoms with Crippen LogP contribution in [0.2, 0.25) is 0 Å². The summed E-state index contributed by atoms with van der Waals surface area (Å²) in [5.41, 5.74) is -0.892. The molecular formula is C13H24N2O3. The molecule has 5 nitrogen and oxygen atoms in total. The summed E-state index contributed by atoms with van der Waals surface area (Å²) < 4.78 is 5.39. The molecule has 0 N–H and O–H groups in total. The van der Waals surface area contributed by atoms with Crippen LogP contribution in [0.15, 0.2) is 0 Å². The zero-order valence-corrected chi connectivity index (χ0v) is 12.2. The second kappa shape index (κ2) is 4.78. The Bertz CT molecular complexity index is 345. The van der Waals surface area contributed by atoms with E-state index in [1.54, 1.807) is 16.7 Å². The first kappa shape index (κ1) is 14.8. The average Bonchev–Trinajstić information content (AvgIpc) is 2.12. The van der Waals surface area contributed by atoms with E-state index in [1.807, 2.05) is 34.6 Å². The van der Waals surface area contributed by atoms with Crippen LogP contribution in [0.25, 0.3) is 0 Å². The average molecular weight is 256 g/mol. The summed E-state index contributed by atoms with van der Waals surface area (Å²) in [5, 5.41) is 0. The molecule has 0 aromatic rings. The predicted molar refractivity (Wildman–Crippen MR) is 69.3 cm³/mol. The minimum Gasteiger partial charge on any atom is -0.444 e. The lowest BCUT2D eigenvalue weighted by molar-refractivity contribution is -0.133. The van der Waals surface area contributed by atoms with Crippen molar-refractivity contribution >= 4 is 12.0 Å². The van der Waals surface area contributed by atoms with Crippen LogP contribution >= 0.6 is 0 Å². The first-order valence-electron chi connectivity index (χ1n) is 6.29. The fraction of sp³-hybridized carbons (Fsp3) is 0.846. The van der Waals surface area contributed by atoms with E-state index in [9.17, 15) is 9.59 Å². The first-order valence-corrected chi connectivity index (χ1v) is 6.29. The molecule has 0 aromatic heterocycles. The number of nitrogens with zero attached hydrogens (tertiary/aromatic N) is 2. The lowest BCUT2D eigenvalue weighted by atomic mass is 9.99. The lowest BCUT2D eigenvalue weighted by Gasteiger charge is -2.46. The molecule has 0 spiro atoms. The van der Waals surface area contributed by atoms with Crippen LogP contribution in [0, 0.1) is 0 Å². The Kier molecular flexibility index (Phi) is 3.93. The largest absolute Gasteiger partial charge is 0.444 e. The van der Waals surface area contributed by atoms with E-state index >= 15 is 0 Å². The van der Waals surface area contributed by atoms with Crippen molar-refractivity contribution < 1.29 is 14.3 Å². The molecule has 1 heterocycles. The summed E-state index contributed by atoms with van der Waals surface area (Å²) >= 11 is 0. The Morgan fingerprint density at radius 3 is 2.11 bits per heavy atom. The Morgan fingerprint density at radius 2 is 1.72 bits per heavy atom. The summed E-state index contributed by atoms with van der Waals surface area (Å²) in [5.74, 6) is 0.0481. The molecule has 0 aliphatic carbocycles. The van der Waals surface area contributed by atoms with Gasteiger partial charge in [-0.3, -0.25) is 9.69 Å². The molecule has 2 amide bonds. The molecule has 5 heteroatoms. The number of rotatable bonds is 0. The van der Waals surface area contributed by atoms with Crippen molar-refractivity contribution in [2.45, 2.75) is 52.7 Å². The van der Waals surface area contributed by atoms with Gasteiger partial charge in [0, 0.05) is 26.6 Å². The maximum Gasteiger partial charge on any atom is 0.410 e. The van der Waals surface area contributed by atoms with E-state index in [0.717, 1.165) is 0 Å². The smallest absolute Gasteiger partial charge is 0.410 e. The van der Waals surface area contributed by atoms with E-state index in [0.29, 0.717) is 19.6 Å². The second-order valence-electron chi connectivity index (χ2n) is 6.38. The van der Waals surface area contributed by atoms with Crippen molar-refractivity contribution in [1.82, 2.24) is 9.80 Å². The number of carbonyl (C=O) groups excluding carboxylic acids is 2. The maximum absolute atomic E-state index is 12.1. The van der Waals surface area contributed by atoms with Crippen molar-refractivity contribution in [2.24, 2.45) is 0 Å². The van der Waals surface area contributed by atoms with E-state index < -0.39 is 11.1 Å². The molecule has 0 aromatic carbocycles. The minimum absolute atomic E-state index is 0.0481. The van der Waals surface area contributed by atoms with Gasteiger partial charge in [0.2, 0.25) is 5.91 Å². The third-order valence-electron chi connectivity index (χ3n) is 2.96. The molecule has 1 saturated heterocycles. The monoisotopic (exact) mass is 256 g/mol. The fourth-order valence-corrected chi connectivity index (χ4v) is 2.08. The zero-order chi connectivity index (χ0) is 14.1. The van der Waals surface area contributed by atoms with Crippen LogP contribution in [0.4, 0.5) is 4.79 Å². The van der Waals surface area contributed by atoms with Gasteiger partial charge < -0.3 is 9.64 Å². The third kappa shape index (κ3) is 3.62. The summed E-state index contributed by atoms with van der Waals surface area (Å²) in [6.45, 7) is 12.6. The topological polar surface area (TPSA) is 49.9 Å². The number of carbonyl (C=O) groups is 2. The van der Waals surface area contributed by atoms with Gasteiger partial charge in [-0.25, -0.2) is 4.79 Å². The van der Waals surface area contributed by atoms with Gasteiger partial charge in [0.1, 0.15) is 5.60 Å². The minimum atomic E-state index is -0.495. The molecule has 0 radical (unpaired) electrons. The molecule has 0 saturated carbocycles. The molecule has 1 aliphatic rings. The summed E-state index contributed by atoms with van der Waals surface area (Å²) in [6, 6.07) is 0. The number of hydrogen-bond donors (Lipinski definition) is 0. The Hall–Kier alpha value is -1.26. The van der Waals surface area contributed by atoms with Gasteiger partial charge in [-0.15, -0.1) is 0 Å². The van der Waals surface area contributed by atoms with Gasteiger partial charge >= 0.3 is 6.09 Å². The second-order valence-corrected chi connectivity index (χ2v) is 6.38. The quantitative estimate of drug-likeness (QED) is 0.664. The number of hydrogen-bond acceptors (Lipinski definition) is 3. The van der Waals surface area contributed by atoms with Crippen molar-refractivity contribution in [1.29, 1.82) is 0 Å². The van der Waals surface area contributed by atoms with Crippen molar-refractivity contribution in [3.8, 4) is 0 Å². The van der Waals surface area contributed by atoms with Crippen LogP contribution in [-0.2, 0) is 9.53 Å². The number of ether oxygens (including phenoxy) is 1. The van der Waals surface area contributed by atoms with E-state index in [2.05, 4.69) is 0 Å². The standard InChI is InChI=1S/C13H24N2O3/c1-10(16)14-7-8-15(13(5,6)9-14)11(17)18-12(2,3)4/h7-9H2,1-6H3. The van der Waals surface area contributed by atoms with Gasteiger partial charge in [-0.05, 0) is 34.6 Å². The van der Waals surface area contributed by atoms with Crippen LogP contribution in [0.3, 0.4) is 0 Å². The van der Waals surface area contributed by atoms with Gasteiger partial charge in [0.05, 0.1) is 5.54 Å². The third-order valence-corrected chi connectivity index (χ3v) is 2.96. The van der Waals surface area contributed by atoms with Crippen molar-refractivity contribution in [3.63, 3.8) is 0 Å². The predicted octanol–water partition coefficient (Wildman–Crippen LogP) is 1.86. The normalized spacial score (nSPS) is 19.7. The molecule has 18 heavy (non-hydrogen) atoms. The van der Waals surface area contributed by atoms with Crippen LogP contribution in [-0.4, -0.2) is 52.6 Å². The number of piperazine rings is 1. The summed E-state index contributed by atoms with van der Waals surface area (Å²) in [7, 11) is 0. The summed E-state index contributed by atoms with van der Waals surface area (Å²) in [4.78, 5) is 27.0. The molecule has 0 unspecified atom stereocenters. The van der Waals surface area contributed by atoms with Gasteiger partial charge in [0.15, 0.2) is 0 Å². The first-order chi connectivity index (χ1) is 8.03. The van der Waals surface area contributed by atoms with Crippen LogP contribution in [0.1, 0.15) is 41.5 Å². The molecule has 0 atom stereocenters. The number of amides is 2. The van der Waals surface area contributed by atoms with E-state index in [-0.39, 0.29) is 12.0 Å². The van der Waals surface area contributed by atoms with Gasteiger partial charge in [-0.2, -0.15) is 0 Å². The lowest BCUT2D eigenvalue weighted by Crippen LogP contribution is -2.62. The molecule has 1 fully saturated rings. The van der Waals surface area contributed by atoms with E-state index in [4.69, 9.17) is 4.74 Å². The van der Waals surface area contributed by atoms with Crippen LogP contribution < -0.4 is 0 Å². The van der Waals surface area contributed by atoms with E-state index in [1.165, 1.54) is 0 Å². The Morgan fingerprint density at radius 1 is 1.17 bits per heavy atom. The molecule has 0 bridgehead atoms. The summed E-state index contributed by atoms with van der Waals surface area (Å²) in [6.07, 6.45) is -0.310. The van der Waals surface area contributed by atoms with Gasteiger partial charge in [-0.1, -0.05) is 0 Å². The van der Waals surface area contributed by atoms with Crippen molar-refractivity contribution in [2.75, 3.05) is 19.6 Å².